The molecule has 7 nitrogen and oxygen atoms in total. The number of hydrogen-bond donors (Lipinski definition) is 3. The maximum atomic E-state index is 13.2. The Morgan fingerprint density at radius 3 is 2.29 bits per heavy atom. The summed E-state index contributed by atoms with van der Waals surface area (Å²) >= 11 is 0. The Hall–Kier alpha value is -3.62. The number of piperidine rings is 1. The molecule has 1 saturated heterocycles. The van der Waals surface area contributed by atoms with Crippen LogP contribution in [0.5, 0.6) is 0 Å². The van der Waals surface area contributed by atoms with Crippen LogP contribution in [0.3, 0.4) is 0 Å². The first-order valence-corrected chi connectivity index (χ1v) is 13.2. The lowest BCUT2D eigenvalue weighted by Gasteiger charge is -2.31. The number of fused-ring (bicyclic) bond motifs is 1. The van der Waals surface area contributed by atoms with Crippen molar-refractivity contribution in [2.75, 3.05) is 30.2 Å². The van der Waals surface area contributed by atoms with Crippen molar-refractivity contribution in [2.24, 2.45) is 0 Å². The van der Waals surface area contributed by atoms with E-state index >= 15 is 0 Å². The van der Waals surface area contributed by atoms with Gasteiger partial charge in [-0.05, 0) is 68.9 Å². The monoisotopic (exact) mass is 488 g/mol. The van der Waals surface area contributed by atoms with Gasteiger partial charge < -0.3 is 15.5 Å². The van der Waals surface area contributed by atoms with Crippen LogP contribution in [0.15, 0.2) is 83.8 Å². The molecule has 0 atom stereocenters. The van der Waals surface area contributed by atoms with Gasteiger partial charge in [0, 0.05) is 23.0 Å². The highest BCUT2D eigenvalue weighted by molar-refractivity contribution is 7.92. The van der Waals surface area contributed by atoms with Crippen molar-refractivity contribution in [2.45, 2.75) is 23.8 Å². The van der Waals surface area contributed by atoms with E-state index in [0.29, 0.717) is 22.5 Å². The molecule has 2 aliphatic heterocycles. The molecule has 1 amide bonds. The molecule has 3 N–H and O–H groups in total. The molecule has 8 heteroatoms. The van der Waals surface area contributed by atoms with Gasteiger partial charge in [-0.3, -0.25) is 9.52 Å². The van der Waals surface area contributed by atoms with Crippen LogP contribution in [0.25, 0.3) is 11.3 Å². The van der Waals surface area contributed by atoms with E-state index in [0.717, 1.165) is 37.2 Å². The number of para-hydroxylation sites is 1. The topological polar surface area (TPSA) is 90.5 Å². The van der Waals surface area contributed by atoms with Crippen LogP contribution < -0.4 is 15.4 Å². The zero-order valence-corrected chi connectivity index (χ0v) is 20.3. The van der Waals surface area contributed by atoms with E-state index in [4.69, 9.17) is 0 Å². The molecular weight excluding hydrogens is 460 g/mol. The number of benzene rings is 3. The van der Waals surface area contributed by atoms with Gasteiger partial charge in [-0.2, -0.15) is 0 Å². The van der Waals surface area contributed by atoms with Crippen LogP contribution in [-0.2, 0) is 14.8 Å². The molecule has 1 fully saturated rings. The average molecular weight is 489 g/mol. The highest BCUT2D eigenvalue weighted by Gasteiger charge is 2.31. The maximum absolute atomic E-state index is 13.2. The van der Waals surface area contributed by atoms with Gasteiger partial charge in [-0.1, -0.05) is 48.5 Å². The fourth-order valence-electron chi connectivity index (χ4n) is 4.54. The van der Waals surface area contributed by atoms with Gasteiger partial charge in [0.05, 0.1) is 16.2 Å². The number of amides is 1. The van der Waals surface area contributed by atoms with E-state index in [-0.39, 0.29) is 16.8 Å². The lowest BCUT2D eigenvalue weighted by atomic mass is 9.98. The normalized spacial score (nSPS) is 18.0. The number of hydrogen-bond acceptors (Lipinski definition) is 5. The minimum atomic E-state index is -3.84. The summed E-state index contributed by atoms with van der Waals surface area (Å²) in [5, 5.41) is 6.54. The first-order valence-electron chi connectivity index (χ1n) is 11.7. The summed E-state index contributed by atoms with van der Waals surface area (Å²) in [7, 11) is -1.73. The number of carbonyl (C=O) groups is 1. The van der Waals surface area contributed by atoms with E-state index in [1.165, 1.54) is 6.07 Å². The van der Waals surface area contributed by atoms with Gasteiger partial charge in [0.2, 0.25) is 0 Å². The third-order valence-corrected chi connectivity index (χ3v) is 7.83. The Morgan fingerprint density at radius 1 is 0.943 bits per heavy atom. The van der Waals surface area contributed by atoms with Crippen molar-refractivity contribution in [1.29, 1.82) is 0 Å². The maximum Gasteiger partial charge on any atom is 0.261 e. The first kappa shape index (κ1) is 23.1. The summed E-state index contributed by atoms with van der Waals surface area (Å²) in [5.74, 6) is -0.246. The summed E-state index contributed by atoms with van der Waals surface area (Å²) in [5.41, 5.74) is 3.73. The minimum Gasteiger partial charge on any atom is -0.381 e. The van der Waals surface area contributed by atoms with Crippen molar-refractivity contribution in [3.8, 4) is 0 Å². The molecule has 2 heterocycles. The van der Waals surface area contributed by atoms with Crippen LogP contribution in [0.1, 0.15) is 24.0 Å². The summed E-state index contributed by atoms with van der Waals surface area (Å²) in [6.45, 7) is 1.96. The Balaban J connectivity index is 1.57. The SMILES string of the molecule is CN1CCC(N/C(=C2\C(=O)Nc3ccc(S(=O)(=O)Nc4ccccc4)cc32)c2ccccc2)CC1. The number of sulfonamides is 1. The van der Waals surface area contributed by atoms with E-state index in [1.807, 2.05) is 36.4 Å². The van der Waals surface area contributed by atoms with Gasteiger partial charge in [0.25, 0.3) is 15.9 Å². The lowest BCUT2D eigenvalue weighted by Crippen LogP contribution is -2.40. The summed E-state index contributed by atoms with van der Waals surface area (Å²) in [4.78, 5) is 15.6. The highest BCUT2D eigenvalue weighted by atomic mass is 32.2. The molecule has 0 aliphatic carbocycles. The molecule has 0 bridgehead atoms. The van der Waals surface area contributed by atoms with Crippen molar-refractivity contribution in [3.05, 3.63) is 90.0 Å². The van der Waals surface area contributed by atoms with Crippen LogP contribution >= 0.6 is 0 Å². The number of anilines is 2. The smallest absolute Gasteiger partial charge is 0.261 e. The first-order chi connectivity index (χ1) is 16.9. The van der Waals surface area contributed by atoms with E-state index in [2.05, 4.69) is 27.3 Å². The minimum absolute atomic E-state index is 0.0980. The zero-order valence-electron chi connectivity index (χ0n) is 19.5. The van der Waals surface area contributed by atoms with Gasteiger partial charge in [-0.25, -0.2) is 8.42 Å². The Labute approximate surface area is 205 Å². The molecule has 35 heavy (non-hydrogen) atoms. The van der Waals surface area contributed by atoms with Gasteiger partial charge in [-0.15, -0.1) is 0 Å². The van der Waals surface area contributed by atoms with Crippen molar-refractivity contribution in [1.82, 2.24) is 10.2 Å². The number of nitrogens with one attached hydrogen (secondary N) is 3. The lowest BCUT2D eigenvalue weighted by molar-refractivity contribution is -0.110. The fourth-order valence-corrected chi connectivity index (χ4v) is 5.63. The molecule has 0 saturated carbocycles. The van der Waals surface area contributed by atoms with Crippen molar-refractivity contribution >= 4 is 38.6 Å². The molecule has 0 radical (unpaired) electrons. The van der Waals surface area contributed by atoms with Gasteiger partial charge >= 0.3 is 0 Å². The molecular formula is C27H28N4O3S. The second-order valence-electron chi connectivity index (χ2n) is 8.97. The van der Waals surface area contributed by atoms with E-state index < -0.39 is 10.0 Å². The number of nitrogens with zero attached hydrogens (tertiary/aromatic N) is 1. The number of likely N-dealkylation sites (tertiary alicyclic amines) is 1. The van der Waals surface area contributed by atoms with Crippen LogP contribution in [0.4, 0.5) is 11.4 Å². The summed E-state index contributed by atoms with van der Waals surface area (Å²) < 4.78 is 28.9. The predicted octanol–water partition coefficient (Wildman–Crippen LogP) is 3.99. The summed E-state index contributed by atoms with van der Waals surface area (Å²) in [6.07, 6.45) is 1.92. The van der Waals surface area contributed by atoms with E-state index in [1.54, 1.807) is 36.4 Å². The molecule has 180 valence electrons. The molecule has 2 aliphatic rings. The Morgan fingerprint density at radius 2 is 1.60 bits per heavy atom. The Bertz CT molecular complexity index is 1360. The second-order valence-corrected chi connectivity index (χ2v) is 10.7. The van der Waals surface area contributed by atoms with Crippen LogP contribution in [0.2, 0.25) is 0 Å². The van der Waals surface area contributed by atoms with Crippen molar-refractivity contribution in [3.63, 3.8) is 0 Å². The molecule has 3 aromatic carbocycles. The Kier molecular flexibility index (Phi) is 6.32. The highest BCUT2D eigenvalue weighted by Crippen LogP contribution is 2.38. The third-order valence-electron chi connectivity index (χ3n) is 6.45. The standard InChI is InChI=1S/C27H28N4O3S/c1-31-16-14-20(15-17-31)28-26(19-8-4-2-5-9-19)25-23-18-22(12-13-24(23)29-27(25)32)35(33,34)30-21-10-6-3-7-11-21/h2-13,18,20,28,30H,14-17H2,1H3,(H,29,32)/b26-25-. The second kappa shape index (κ2) is 9.56. The van der Waals surface area contributed by atoms with E-state index in [9.17, 15) is 13.2 Å². The number of carbonyl (C=O) groups excluding carboxylic acids is 1. The third kappa shape index (κ3) is 4.94. The molecule has 5 rings (SSSR count). The fraction of sp³-hybridized carbons (Fsp3) is 0.222. The van der Waals surface area contributed by atoms with Crippen LogP contribution in [0, 0.1) is 0 Å². The molecule has 3 aromatic rings. The van der Waals surface area contributed by atoms with Crippen molar-refractivity contribution < 1.29 is 13.2 Å². The quantitative estimate of drug-likeness (QED) is 0.457. The molecule has 0 spiro atoms. The van der Waals surface area contributed by atoms with Crippen LogP contribution in [-0.4, -0.2) is 45.4 Å². The predicted molar refractivity (Wildman–Crippen MR) is 139 cm³/mol. The molecule has 0 aromatic heterocycles. The molecule has 0 unspecified atom stereocenters. The number of rotatable bonds is 6. The zero-order chi connectivity index (χ0) is 24.4. The summed E-state index contributed by atoms with van der Waals surface area (Å²) in [6, 6.07) is 23.4. The average Bonchev–Trinajstić information content (AvgIpc) is 3.19. The van der Waals surface area contributed by atoms with Gasteiger partial charge in [0.1, 0.15) is 0 Å². The van der Waals surface area contributed by atoms with Gasteiger partial charge in [0.15, 0.2) is 0 Å². The largest absolute Gasteiger partial charge is 0.381 e.